The van der Waals surface area contributed by atoms with Crippen LogP contribution in [0.15, 0.2) is 53.3 Å². The van der Waals surface area contributed by atoms with Gasteiger partial charge in [-0.05, 0) is 43.0 Å². The molecule has 0 bridgehead atoms. The number of carboxylic acids is 1. The van der Waals surface area contributed by atoms with Gasteiger partial charge in [0, 0.05) is 6.04 Å². The molecule has 0 spiro atoms. The van der Waals surface area contributed by atoms with Crippen LogP contribution in [0.5, 0.6) is 0 Å². The van der Waals surface area contributed by atoms with Crippen molar-refractivity contribution < 1.29 is 23.1 Å². The molecule has 1 heterocycles. The molecule has 2 aromatic carbocycles. The van der Waals surface area contributed by atoms with Crippen molar-refractivity contribution in [1.29, 1.82) is 0 Å². The second kappa shape index (κ2) is 9.06. The summed E-state index contributed by atoms with van der Waals surface area (Å²) in [6.45, 7) is 4.89. The van der Waals surface area contributed by atoms with Crippen molar-refractivity contribution in [2.24, 2.45) is 0 Å². The van der Waals surface area contributed by atoms with E-state index in [1.165, 1.54) is 10.6 Å². The molecule has 32 heavy (non-hydrogen) atoms. The summed E-state index contributed by atoms with van der Waals surface area (Å²) in [4.78, 5) is 24.4. The van der Waals surface area contributed by atoms with Crippen LogP contribution in [0.4, 0.5) is 13.2 Å². The summed E-state index contributed by atoms with van der Waals surface area (Å²) in [6.07, 6.45) is -4.03. The normalized spacial score (nSPS) is 11.8. The molecule has 0 fully saturated rings. The van der Waals surface area contributed by atoms with E-state index in [9.17, 15) is 27.9 Å². The highest BCUT2D eigenvalue weighted by Crippen LogP contribution is 2.34. The Morgan fingerprint density at radius 1 is 1.06 bits per heavy atom. The highest BCUT2D eigenvalue weighted by Gasteiger charge is 2.40. The molecule has 3 rings (SSSR count). The Morgan fingerprint density at radius 2 is 1.69 bits per heavy atom. The fraction of sp³-hybridized carbons (Fsp3) is 0.333. The number of carbonyl (C=O) groups is 1. The highest BCUT2D eigenvalue weighted by molar-refractivity contribution is 5.95. The van der Waals surface area contributed by atoms with Crippen molar-refractivity contribution in [2.75, 3.05) is 0 Å². The Kier molecular flexibility index (Phi) is 6.62. The van der Waals surface area contributed by atoms with E-state index in [0.717, 1.165) is 4.57 Å². The number of nitrogens with zero attached hydrogens (tertiary/aromatic N) is 2. The van der Waals surface area contributed by atoms with Gasteiger partial charge in [-0.2, -0.15) is 13.2 Å². The van der Waals surface area contributed by atoms with Gasteiger partial charge < -0.3 is 5.11 Å². The Hall–Kier alpha value is -3.29. The van der Waals surface area contributed by atoms with Crippen molar-refractivity contribution in [2.45, 2.75) is 52.4 Å². The van der Waals surface area contributed by atoms with E-state index in [-0.39, 0.29) is 24.2 Å². The predicted octanol–water partition coefficient (Wildman–Crippen LogP) is 5.62. The minimum absolute atomic E-state index is 0.00216. The Labute approximate surface area is 183 Å². The minimum Gasteiger partial charge on any atom is -0.478 e. The van der Waals surface area contributed by atoms with Crippen LogP contribution in [0.25, 0.3) is 11.1 Å². The first-order chi connectivity index (χ1) is 15.1. The predicted molar refractivity (Wildman–Crippen MR) is 116 cm³/mol. The zero-order chi connectivity index (χ0) is 23.6. The molecule has 0 radical (unpaired) electrons. The van der Waals surface area contributed by atoms with Crippen LogP contribution in [0.2, 0.25) is 0 Å². The smallest absolute Gasteiger partial charge is 0.433 e. The number of aromatic carboxylic acids is 1. The van der Waals surface area contributed by atoms with E-state index in [1.54, 1.807) is 63.2 Å². The number of alkyl halides is 3. The molecule has 5 nitrogen and oxygen atoms in total. The van der Waals surface area contributed by atoms with Gasteiger partial charge in [0.15, 0.2) is 0 Å². The number of imidazole rings is 1. The van der Waals surface area contributed by atoms with Crippen LogP contribution >= 0.6 is 0 Å². The molecule has 0 amide bonds. The van der Waals surface area contributed by atoms with Gasteiger partial charge in [-0.1, -0.05) is 55.8 Å². The third-order valence-electron chi connectivity index (χ3n) is 5.31. The van der Waals surface area contributed by atoms with Crippen molar-refractivity contribution in [3.05, 3.63) is 81.5 Å². The van der Waals surface area contributed by atoms with Crippen molar-refractivity contribution in [1.82, 2.24) is 9.13 Å². The first-order valence-electron chi connectivity index (χ1n) is 10.4. The lowest BCUT2D eigenvalue weighted by molar-refractivity contribution is -0.144. The third kappa shape index (κ3) is 4.49. The fourth-order valence-corrected chi connectivity index (χ4v) is 3.93. The second-order valence-corrected chi connectivity index (χ2v) is 7.92. The summed E-state index contributed by atoms with van der Waals surface area (Å²) in [7, 11) is 0. The van der Waals surface area contributed by atoms with Gasteiger partial charge in [0.05, 0.1) is 17.8 Å². The van der Waals surface area contributed by atoms with E-state index in [0.29, 0.717) is 23.1 Å². The lowest BCUT2D eigenvalue weighted by atomic mass is 9.99. The van der Waals surface area contributed by atoms with Gasteiger partial charge in [-0.25, -0.2) is 9.59 Å². The third-order valence-corrected chi connectivity index (χ3v) is 5.31. The molecule has 1 N–H and O–H groups in total. The molecule has 0 saturated carbocycles. The summed E-state index contributed by atoms with van der Waals surface area (Å²) in [5.74, 6) is -1.05. The zero-order valence-electron chi connectivity index (χ0n) is 18.1. The van der Waals surface area contributed by atoms with E-state index < -0.39 is 29.6 Å². The van der Waals surface area contributed by atoms with Gasteiger partial charge >= 0.3 is 17.8 Å². The molecule has 0 unspecified atom stereocenters. The lowest BCUT2D eigenvalue weighted by Crippen LogP contribution is -2.28. The van der Waals surface area contributed by atoms with Gasteiger partial charge in [-0.3, -0.25) is 9.13 Å². The number of aromatic nitrogens is 2. The molecule has 0 aliphatic heterocycles. The van der Waals surface area contributed by atoms with Crippen molar-refractivity contribution in [3.8, 4) is 11.1 Å². The Bertz CT molecular complexity index is 1170. The quantitative estimate of drug-likeness (QED) is 0.513. The SMILES string of the molecule is CCCc1c(C(F)(F)F)n(C(C)C)c(=O)n1Cc1ccc(-c2ccccc2C(=O)O)cc1. The summed E-state index contributed by atoms with van der Waals surface area (Å²) >= 11 is 0. The van der Waals surface area contributed by atoms with Crippen LogP contribution in [0.3, 0.4) is 0 Å². The molecule has 0 aliphatic rings. The molecule has 0 aliphatic carbocycles. The van der Waals surface area contributed by atoms with E-state index in [4.69, 9.17) is 0 Å². The maximum atomic E-state index is 13.8. The number of halogens is 3. The number of rotatable bonds is 7. The molecular weight excluding hydrogens is 421 g/mol. The zero-order valence-corrected chi connectivity index (χ0v) is 18.1. The van der Waals surface area contributed by atoms with Gasteiger partial charge in [-0.15, -0.1) is 0 Å². The first kappa shape index (κ1) is 23.4. The molecular formula is C24H25F3N2O3. The van der Waals surface area contributed by atoms with E-state index in [1.807, 2.05) is 0 Å². The van der Waals surface area contributed by atoms with E-state index >= 15 is 0 Å². The van der Waals surface area contributed by atoms with Crippen LogP contribution in [-0.2, 0) is 19.1 Å². The Morgan fingerprint density at radius 3 is 2.22 bits per heavy atom. The summed E-state index contributed by atoms with van der Waals surface area (Å²) in [5.41, 5.74) is 0.437. The fourth-order valence-electron chi connectivity index (χ4n) is 3.93. The van der Waals surface area contributed by atoms with E-state index in [2.05, 4.69) is 0 Å². The summed E-state index contributed by atoms with van der Waals surface area (Å²) in [6, 6.07) is 12.8. The monoisotopic (exact) mass is 446 g/mol. The average Bonchev–Trinajstić information content (AvgIpc) is 3.01. The number of hydrogen-bond acceptors (Lipinski definition) is 2. The molecule has 3 aromatic rings. The lowest BCUT2D eigenvalue weighted by Gasteiger charge is -2.15. The van der Waals surface area contributed by atoms with Crippen molar-refractivity contribution >= 4 is 5.97 Å². The highest BCUT2D eigenvalue weighted by atomic mass is 19.4. The molecule has 170 valence electrons. The standard InChI is InChI=1S/C24H25F3N2O3/c1-4-7-20-21(24(25,26)27)29(15(2)3)23(32)28(20)14-16-10-12-17(13-11-16)18-8-5-6-9-19(18)22(30)31/h5-6,8-13,15H,4,7,14H2,1-3H3,(H,30,31). The maximum Gasteiger partial charge on any atom is 0.433 e. The average molecular weight is 446 g/mol. The summed E-state index contributed by atoms with van der Waals surface area (Å²) < 4.78 is 43.6. The van der Waals surface area contributed by atoms with Crippen LogP contribution in [0, 0.1) is 0 Å². The first-order valence-corrected chi connectivity index (χ1v) is 10.4. The van der Waals surface area contributed by atoms with Gasteiger partial charge in [0.1, 0.15) is 5.69 Å². The molecule has 0 atom stereocenters. The minimum atomic E-state index is -4.64. The molecule has 1 aromatic heterocycles. The van der Waals surface area contributed by atoms with Gasteiger partial charge in [0.2, 0.25) is 0 Å². The van der Waals surface area contributed by atoms with Crippen molar-refractivity contribution in [3.63, 3.8) is 0 Å². The van der Waals surface area contributed by atoms with Crippen LogP contribution in [0.1, 0.15) is 60.5 Å². The number of hydrogen-bond donors (Lipinski definition) is 1. The second-order valence-electron chi connectivity index (χ2n) is 7.92. The molecule has 0 saturated heterocycles. The maximum absolute atomic E-state index is 13.8. The number of carboxylic acid groups (broad SMARTS) is 1. The van der Waals surface area contributed by atoms with Crippen LogP contribution in [-0.4, -0.2) is 20.2 Å². The molecule has 8 heteroatoms. The van der Waals surface area contributed by atoms with Crippen LogP contribution < -0.4 is 5.69 Å². The van der Waals surface area contributed by atoms with Gasteiger partial charge in [0.25, 0.3) is 0 Å². The number of benzene rings is 2. The Balaban J connectivity index is 2.05. The topological polar surface area (TPSA) is 64.2 Å². The summed E-state index contributed by atoms with van der Waals surface area (Å²) in [5, 5.41) is 9.39. The largest absolute Gasteiger partial charge is 0.478 e.